The first kappa shape index (κ1) is 23.8. The molecule has 162 valence electrons. The van der Waals surface area contributed by atoms with Gasteiger partial charge in [0.05, 0.1) is 17.2 Å². The van der Waals surface area contributed by atoms with Crippen molar-refractivity contribution in [2.45, 2.75) is 58.3 Å². The van der Waals surface area contributed by atoms with Gasteiger partial charge < -0.3 is 14.4 Å². The van der Waals surface area contributed by atoms with Crippen LogP contribution in [0.5, 0.6) is 5.75 Å². The van der Waals surface area contributed by atoms with Gasteiger partial charge in [-0.25, -0.2) is 0 Å². The fraction of sp³-hybridized carbons (Fsp3) is 0.478. The molecule has 0 bridgehead atoms. The van der Waals surface area contributed by atoms with Crippen molar-refractivity contribution in [1.82, 2.24) is 4.74 Å². The van der Waals surface area contributed by atoms with Gasteiger partial charge in [0.2, 0.25) is 0 Å². The first-order valence-corrected chi connectivity index (χ1v) is 10.5. The highest BCUT2D eigenvalue weighted by molar-refractivity contribution is 6.15. The molecule has 30 heavy (non-hydrogen) atoms. The molecule has 0 amide bonds. The summed E-state index contributed by atoms with van der Waals surface area (Å²) in [6.45, 7) is 13.0. The van der Waals surface area contributed by atoms with Gasteiger partial charge in [-0.15, -0.1) is 18.2 Å². The molecular weight excluding hydrogens is 404 g/mol. The summed E-state index contributed by atoms with van der Waals surface area (Å²) in [6.07, 6.45) is 2.24. The average molecular weight is 433 g/mol. The van der Waals surface area contributed by atoms with Gasteiger partial charge in [0.1, 0.15) is 29.3 Å². The molecule has 2 unspecified atom stereocenters. The van der Waals surface area contributed by atoms with Crippen LogP contribution in [0.2, 0.25) is 0 Å². The highest BCUT2D eigenvalue weighted by atomic mass is 35.5. The van der Waals surface area contributed by atoms with Gasteiger partial charge in [0, 0.05) is 11.9 Å². The highest BCUT2D eigenvalue weighted by Crippen LogP contribution is 2.42. The van der Waals surface area contributed by atoms with E-state index in [-0.39, 0.29) is 17.4 Å². The van der Waals surface area contributed by atoms with Crippen molar-refractivity contribution in [3.63, 3.8) is 0 Å². The first-order valence-electron chi connectivity index (χ1n) is 9.76. The second kappa shape index (κ2) is 9.11. The number of benzene rings is 1. The largest absolute Gasteiger partial charge is 0.485 e. The maximum Gasteiger partial charge on any atom is 0.286 e. The van der Waals surface area contributed by atoms with E-state index in [0.29, 0.717) is 28.2 Å². The molecule has 0 fully saturated rings. The summed E-state index contributed by atoms with van der Waals surface area (Å²) in [5.74, 6) is 1.05. The molecule has 7 heteroatoms. The Hall–Kier alpha value is -2.49. The number of allylic oxidation sites excluding steroid dienone is 1. The van der Waals surface area contributed by atoms with E-state index in [1.807, 2.05) is 19.9 Å². The zero-order chi connectivity index (χ0) is 22.8. The molecule has 3 rings (SSSR count). The number of ether oxygens (including phenoxy) is 1. The lowest BCUT2D eigenvalue weighted by Crippen LogP contribution is -2.51. The SMILES string of the molecule is C=CC(C)C(C)c1c(C)on([C@@H]2c3cc(C#N)ccc3OC(C)(C)[C@H]2O)c1=O.CCl. The summed E-state index contributed by atoms with van der Waals surface area (Å²) in [4.78, 5) is 13.3. The number of aliphatic hydroxyl groups excluding tert-OH is 1. The van der Waals surface area contributed by atoms with Crippen molar-refractivity contribution in [3.8, 4) is 11.8 Å². The molecule has 4 atom stereocenters. The van der Waals surface area contributed by atoms with Crippen molar-refractivity contribution in [3.05, 3.63) is 63.7 Å². The Morgan fingerprint density at radius 2 is 2.00 bits per heavy atom. The predicted molar refractivity (Wildman–Crippen MR) is 117 cm³/mol. The van der Waals surface area contributed by atoms with Gasteiger partial charge in [0.15, 0.2) is 0 Å². The fourth-order valence-corrected chi connectivity index (χ4v) is 3.76. The number of hydrogen-bond donors (Lipinski definition) is 1. The number of hydrogen-bond acceptors (Lipinski definition) is 5. The Morgan fingerprint density at radius 1 is 1.37 bits per heavy atom. The van der Waals surface area contributed by atoms with Crippen molar-refractivity contribution >= 4 is 11.6 Å². The third-order valence-electron chi connectivity index (χ3n) is 5.76. The fourth-order valence-electron chi connectivity index (χ4n) is 3.76. The summed E-state index contributed by atoms with van der Waals surface area (Å²) >= 11 is 4.64. The molecule has 0 spiro atoms. The second-order valence-electron chi connectivity index (χ2n) is 8.04. The minimum atomic E-state index is -1.04. The molecule has 2 heterocycles. The molecule has 1 aromatic carbocycles. The van der Waals surface area contributed by atoms with E-state index in [1.165, 1.54) is 11.1 Å². The van der Waals surface area contributed by atoms with Gasteiger partial charge in [0.25, 0.3) is 5.56 Å². The molecule has 1 aliphatic heterocycles. The predicted octanol–water partition coefficient (Wildman–Crippen LogP) is 4.52. The number of aliphatic hydroxyl groups is 1. The minimum absolute atomic E-state index is 0.0788. The molecule has 0 saturated heterocycles. The lowest BCUT2D eigenvalue weighted by Gasteiger charge is -2.41. The number of fused-ring (bicyclic) bond motifs is 1. The van der Waals surface area contributed by atoms with Crippen LogP contribution >= 0.6 is 11.6 Å². The number of alkyl halides is 1. The Balaban J connectivity index is 0.00000155. The maximum atomic E-state index is 13.3. The molecule has 1 aromatic heterocycles. The van der Waals surface area contributed by atoms with E-state index < -0.39 is 17.7 Å². The van der Waals surface area contributed by atoms with E-state index >= 15 is 0 Å². The normalized spacial score (nSPS) is 21.2. The van der Waals surface area contributed by atoms with Crippen molar-refractivity contribution in [1.29, 1.82) is 5.26 Å². The van der Waals surface area contributed by atoms with Crippen LogP contribution in [0, 0.1) is 24.2 Å². The summed E-state index contributed by atoms with van der Waals surface area (Å²) < 4.78 is 13.0. The Kier molecular flexibility index (Phi) is 7.23. The molecule has 1 N–H and O–H groups in total. The van der Waals surface area contributed by atoms with Crippen molar-refractivity contribution in [2.75, 3.05) is 6.38 Å². The third kappa shape index (κ3) is 4.05. The van der Waals surface area contributed by atoms with Gasteiger partial charge >= 0.3 is 0 Å². The lowest BCUT2D eigenvalue weighted by molar-refractivity contribution is -0.0777. The van der Waals surface area contributed by atoms with E-state index in [2.05, 4.69) is 24.2 Å². The molecule has 0 radical (unpaired) electrons. The number of halogens is 1. The van der Waals surface area contributed by atoms with Crippen LogP contribution in [0.4, 0.5) is 0 Å². The van der Waals surface area contributed by atoms with Crippen LogP contribution < -0.4 is 10.3 Å². The first-order chi connectivity index (χ1) is 14.1. The third-order valence-corrected chi connectivity index (χ3v) is 5.76. The highest BCUT2D eigenvalue weighted by Gasteiger charge is 2.46. The maximum absolute atomic E-state index is 13.3. The van der Waals surface area contributed by atoms with Gasteiger partial charge in [-0.3, -0.25) is 4.79 Å². The van der Waals surface area contributed by atoms with Crippen molar-refractivity contribution in [2.24, 2.45) is 5.92 Å². The molecule has 0 saturated carbocycles. The Labute approximate surface area is 182 Å². The van der Waals surface area contributed by atoms with E-state index in [4.69, 9.17) is 9.26 Å². The van der Waals surface area contributed by atoms with Crippen LogP contribution in [-0.4, -0.2) is 27.9 Å². The number of aryl methyl sites for hydroxylation is 1. The summed E-state index contributed by atoms with van der Waals surface area (Å²) in [5, 5.41) is 20.3. The van der Waals surface area contributed by atoms with E-state index in [1.54, 1.807) is 39.0 Å². The Bertz CT molecular complexity index is 1020. The van der Waals surface area contributed by atoms with E-state index in [9.17, 15) is 15.2 Å². The van der Waals surface area contributed by atoms with Gasteiger partial charge in [-0.1, -0.05) is 19.9 Å². The summed E-state index contributed by atoms with van der Waals surface area (Å²) in [6, 6.07) is 6.28. The topological polar surface area (TPSA) is 88.4 Å². The van der Waals surface area contributed by atoms with Crippen molar-refractivity contribution < 1.29 is 14.4 Å². The monoisotopic (exact) mass is 432 g/mol. The number of nitriles is 1. The quantitative estimate of drug-likeness (QED) is 0.566. The molecule has 2 aromatic rings. The zero-order valence-corrected chi connectivity index (χ0v) is 19.0. The van der Waals surface area contributed by atoms with Crippen LogP contribution in [0.3, 0.4) is 0 Å². The lowest BCUT2D eigenvalue weighted by atomic mass is 9.85. The minimum Gasteiger partial charge on any atom is -0.485 e. The van der Waals surface area contributed by atoms with Gasteiger partial charge in [-0.2, -0.15) is 10.0 Å². The summed E-state index contributed by atoms with van der Waals surface area (Å²) in [7, 11) is 0. The number of aromatic nitrogens is 1. The average Bonchev–Trinajstić information content (AvgIpc) is 3.02. The Morgan fingerprint density at radius 3 is 2.57 bits per heavy atom. The van der Waals surface area contributed by atoms with Crippen LogP contribution in [0.25, 0.3) is 0 Å². The van der Waals surface area contributed by atoms with Crippen LogP contribution in [-0.2, 0) is 0 Å². The smallest absolute Gasteiger partial charge is 0.286 e. The number of rotatable bonds is 4. The van der Waals surface area contributed by atoms with Gasteiger partial charge in [-0.05, 0) is 50.8 Å². The standard InChI is InChI=1S/C22H26N2O4.CH3Cl/c1-7-12(2)13(3)18-14(4)28-24(21(18)26)19-16-10-15(11-23)8-9-17(16)27-22(5,6)20(19)25;1-2/h7-10,12-13,19-20,25H,1H2,2-6H3;1H3/t12?,13?,19-,20+;/m1./s1. The zero-order valence-electron chi connectivity index (χ0n) is 18.3. The summed E-state index contributed by atoms with van der Waals surface area (Å²) in [5.41, 5.74) is 0.324. The van der Waals surface area contributed by atoms with Crippen LogP contribution in [0.15, 0.2) is 40.2 Å². The second-order valence-corrected chi connectivity index (χ2v) is 8.04. The number of nitrogens with zero attached hydrogens (tertiary/aromatic N) is 2. The molecule has 6 nitrogen and oxygen atoms in total. The van der Waals surface area contributed by atoms with Crippen LogP contribution in [0.1, 0.15) is 62.1 Å². The molecular formula is C23H29ClN2O4. The molecule has 0 aliphatic carbocycles. The molecule has 1 aliphatic rings. The van der Waals surface area contributed by atoms with E-state index in [0.717, 1.165) is 0 Å².